The number of ether oxygens (including phenoxy) is 2. The van der Waals surface area contributed by atoms with Crippen LogP contribution in [0.5, 0.6) is 11.5 Å². The number of benzene rings is 2. The number of halogens is 1. The average molecular weight is 500 g/mol. The number of hydrogen-bond acceptors (Lipinski definition) is 7. The fourth-order valence-electron chi connectivity index (χ4n) is 3.07. The number of rotatable bonds is 11. The summed E-state index contributed by atoms with van der Waals surface area (Å²) in [5.74, 6) is -0.390. The van der Waals surface area contributed by atoms with Crippen LogP contribution in [-0.2, 0) is 21.2 Å². The predicted molar refractivity (Wildman–Crippen MR) is 123 cm³/mol. The van der Waals surface area contributed by atoms with Gasteiger partial charge in [0.2, 0.25) is 15.9 Å². The molecule has 12 heteroatoms. The number of hydrogen-bond donors (Lipinski definition) is 2. The lowest BCUT2D eigenvalue weighted by Crippen LogP contribution is -2.49. The van der Waals surface area contributed by atoms with Crippen LogP contribution in [0.4, 0.5) is 5.69 Å². The highest BCUT2D eigenvalue weighted by Crippen LogP contribution is 2.34. The maximum atomic E-state index is 12.8. The van der Waals surface area contributed by atoms with E-state index in [2.05, 4.69) is 10.0 Å². The van der Waals surface area contributed by atoms with E-state index in [9.17, 15) is 23.3 Å². The van der Waals surface area contributed by atoms with Gasteiger partial charge in [-0.25, -0.2) is 8.42 Å². The van der Waals surface area contributed by atoms with E-state index in [1.165, 1.54) is 44.6 Å². The van der Waals surface area contributed by atoms with Crippen LogP contribution >= 0.6 is 11.6 Å². The summed E-state index contributed by atoms with van der Waals surface area (Å²) in [5.41, 5.74) is 0.155. The Bertz CT molecular complexity index is 1120. The molecule has 0 aliphatic carbocycles. The summed E-state index contributed by atoms with van der Waals surface area (Å²) in [6.07, 6.45) is 0.119. The SMILES string of the molecule is COc1cc(CCNC(=O)[C@@H](NS(=O)(=O)c2cccc(Cl)c2)C(C)C)c([N+](=O)[O-])cc1OC. The largest absolute Gasteiger partial charge is 0.493 e. The Labute approximate surface area is 197 Å². The minimum Gasteiger partial charge on any atom is -0.493 e. The molecule has 33 heavy (non-hydrogen) atoms. The maximum absolute atomic E-state index is 12.8. The summed E-state index contributed by atoms with van der Waals surface area (Å²) in [6.45, 7) is 3.44. The molecule has 10 nitrogen and oxygen atoms in total. The first-order valence-electron chi connectivity index (χ1n) is 9.95. The van der Waals surface area contributed by atoms with Gasteiger partial charge >= 0.3 is 0 Å². The molecule has 0 radical (unpaired) electrons. The van der Waals surface area contributed by atoms with Gasteiger partial charge in [0.05, 0.1) is 30.1 Å². The number of nitro groups is 1. The Kier molecular flexibility index (Phi) is 9.03. The van der Waals surface area contributed by atoms with Gasteiger partial charge in [0, 0.05) is 17.1 Å². The van der Waals surface area contributed by atoms with Crippen LogP contribution in [0.15, 0.2) is 41.3 Å². The van der Waals surface area contributed by atoms with Crippen LogP contribution in [0.3, 0.4) is 0 Å². The van der Waals surface area contributed by atoms with Crippen molar-refractivity contribution in [1.82, 2.24) is 10.0 Å². The number of carbonyl (C=O) groups is 1. The Morgan fingerprint density at radius 2 is 1.79 bits per heavy atom. The van der Waals surface area contributed by atoms with Crippen molar-refractivity contribution in [3.05, 3.63) is 57.1 Å². The van der Waals surface area contributed by atoms with Crippen LogP contribution in [-0.4, -0.2) is 46.1 Å². The first kappa shape index (κ1) is 26.4. The molecule has 0 aliphatic rings. The Morgan fingerprint density at radius 1 is 1.15 bits per heavy atom. The van der Waals surface area contributed by atoms with E-state index >= 15 is 0 Å². The first-order valence-corrected chi connectivity index (χ1v) is 11.8. The van der Waals surface area contributed by atoms with Crippen molar-refractivity contribution in [1.29, 1.82) is 0 Å². The van der Waals surface area contributed by atoms with Gasteiger partial charge in [0.1, 0.15) is 6.04 Å². The van der Waals surface area contributed by atoms with E-state index in [1.807, 2.05) is 0 Å². The molecule has 0 fully saturated rings. The van der Waals surface area contributed by atoms with Gasteiger partial charge < -0.3 is 14.8 Å². The van der Waals surface area contributed by atoms with Gasteiger partial charge in [0.15, 0.2) is 11.5 Å². The number of nitrogens with one attached hydrogen (secondary N) is 2. The Morgan fingerprint density at radius 3 is 2.33 bits per heavy atom. The van der Waals surface area contributed by atoms with Crippen molar-refractivity contribution >= 4 is 33.2 Å². The molecule has 0 saturated carbocycles. The van der Waals surface area contributed by atoms with Crippen LogP contribution in [0.1, 0.15) is 19.4 Å². The topological polar surface area (TPSA) is 137 Å². The zero-order valence-electron chi connectivity index (χ0n) is 18.6. The molecule has 1 amide bonds. The van der Waals surface area contributed by atoms with Crippen LogP contribution in [0, 0.1) is 16.0 Å². The minimum absolute atomic E-state index is 0.0390. The van der Waals surface area contributed by atoms with E-state index in [-0.39, 0.29) is 40.2 Å². The van der Waals surface area contributed by atoms with Crippen molar-refractivity contribution in [2.24, 2.45) is 5.92 Å². The highest BCUT2D eigenvalue weighted by atomic mass is 35.5. The number of nitro benzene ring substituents is 1. The number of amides is 1. The second kappa shape index (κ2) is 11.3. The third-order valence-corrected chi connectivity index (χ3v) is 6.49. The highest BCUT2D eigenvalue weighted by Gasteiger charge is 2.28. The van der Waals surface area contributed by atoms with Gasteiger partial charge in [0.25, 0.3) is 5.69 Å². The molecule has 0 heterocycles. The quantitative estimate of drug-likeness (QED) is 0.358. The molecular formula is C21H26ClN3O7S. The van der Waals surface area contributed by atoms with Crippen molar-refractivity contribution in [3.63, 3.8) is 0 Å². The lowest BCUT2D eigenvalue weighted by atomic mass is 10.0. The normalized spacial score (nSPS) is 12.3. The lowest BCUT2D eigenvalue weighted by Gasteiger charge is -2.22. The molecule has 0 spiro atoms. The number of nitrogens with zero attached hydrogens (tertiary/aromatic N) is 1. The minimum atomic E-state index is -4.00. The molecule has 0 aromatic heterocycles. The fourth-order valence-corrected chi connectivity index (χ4v) is 4.72. The molecule has 0 aliphatic heterocycles. The molecule has 2 aromatic carbocycles. The van der Waals surface area contributed by atoms with Crippen molar-refractivity contribution in [2.45, 2.75) is 31.2 Å². The van der Waals surface area contributed by atoms with Gasteiger partial charge in [-0.1, -0.05) is 31.5 Å². The highest BCUT2D eigenvalue weighted by molar-refractivity contribution is 7.89. The second-order valence-electron chi connectivity index (χ2n) is 7.43. The summed E-state index contributed by atoms with van der Waals surface area (Å²) < 4.78 is 38.1. The second-order valence-corrected chi connectivity index (χ2v) is 9.58. The third kappa shape index (κ3) is 6.80. The van der Waals surface area contributed by atoms with Gasteiger partial charge in [-0.3, -0.25) is 14.9 Å². The summed E-state index contributed by atoms with van der Waals surface area (Å²) in [4.78, 5) is 23.6. The molecule has 0 bridgehead atoms. The van der Waals surface area contributed by atoms with Crippen molar-refractivity contribution in [2.75, 3.05) is 20.8 Å². The molecule has 2 N–H and O–H groups in total. The number of sulfonamides is 1. The first-order chi connectivity index (χ1) is 15.5. The van der Waals surface area contributed by atoms with Crippen molar-refractivity contribution < 1.29 is 27.6 Å². The van der Waals surface area contributed by atoms with E-state index in [0.29, 0.717) is 11.3 Å². The van der Waals surface area contributed by atoms with E-state index in [4.69, 9.17) is 21.1 Å². The fraction of sp³-hybridized carbons (Fsp3) is 0.381. The van der Waals surface area contributed by atoms with E-state index < -0.39 is 26.9 Å². The molecule has 2 aromatic rings. The predicted octanol–water partition coefficient (Wildman–Crippen LogP) is 2.93. The molecule has 0 saturated heterocycles. The summed E-state index contributed by atoms with van der Waals surface area (Å²) in [7, 11) is -1.21. The van der Waals surface area contributed by atoms with Gasteiger partial charge in [-0.15, -0.1) is 0 Å². The number of carbonyl (C=O) groups excluding carboxylic acids is 1. The average Bonchev–Trinajstić information content (AvgIpc) is 2.76. The lowest BCUT2D eigenvalue weighted by molar-refractivity contribution is -0.385. The van der Waals surface area contributed by atoms with E-state index in [1.54, 1.807) is 19.9 Å². The zero-order valence-corrected chi connectivity index (χ0v) is 20.2. The van der Waals surface area contributed by atoms with Crippen LogP contribution in [0.2, 0.25) is 5.02 Å². The summed E-state index contributed by atoms with van der Waals surface area (Å²) in [5, 5.41) is 14.3. The molecule has 2 rings (SSSR count). The van der Waals surface area contributed by atoms with Gasteiger partial charge in [-0.05, 0) is 36.6 Å². The summed E-state index contributed by atoms with van der Waals surface area (Å²) >= 11 is 5.88. The van der Waals surface area contributed by atoms with Gasteiger partial charge in [-0.2, -0.15) is 4.72 Å². The number of methoxy groups -OCH3 is 2. The molecular weight excluding hydrogens is 474 g/mol. The molecule has 0 unspecified atom stereocenters. The van der Waals surface area contributed by atoms with Crippen LogP contribution in [0.25, 0.3) is 0 Å². The van der Waals surface area contributed by atoms with E-state index in [0.717, 1.165) is 0 Å². The Balaban J connectivity index is 2.14. The molecule has 180 valence electrons. The third-order valence-electron chi connectivity index (χ3n) is 4.81. The smallest absolute Gasteiger partial charge is 0.276 e. The summed E-state index contributed by atoms with van der Waals surface area (Å²) in [6, 6.07) is 7.37. The molecule has 1 atom stereocenters. The van der Waals surface area contributed by atoms with Crippen LogP contribution < -0.4 is 19.5 Å². The maximum Gasteiger partial charge on any atom is 0.276 e. The zero-order chi connectivity index (χ0) is 24.8. The standard InChI is InChI=1S/C21H26ClN3O7S/c1-13(2)20(24-33(29,30)16-7-5-6-15(22)11-16)21(26)23-9-8-14-10-18(31-3)19(32-4)12-17(14)25(27)28/h5-7,10-13,20,24H,8-9H2,1-4H3,(H,23,26)/t20-/m0/s1. The monoisotopic (exact) mass is 499 g/mol. The Hall–Kier alpha value is -2.89. The van der Waals surface area contributed by atoms with Crippen molar-refractivity contribution in [3.8, 4) is 11.5 Å².